The van der Waals surface area contributed by atoms with E-state index in [4.69, 9.17) is 4.74 Å². The zero-order valence-corrected chi connectivity index (χ0v) is 13.9. The SMILES string of the molecule is CC1(C)CC(NC2COCc3ccccc32)CC(C)(C)C1. The van der Waals surface area contributed by atoms with Crippen LogP contribution in [0.15, 0.2) is 24.3 Å². The van der Waals surface area contributed by atoms with Crippen molar-refractivity contribution in [1.82, 2.24) is 5.32 Å². The Bertz CT molecular complexity index is 490. The van der Waals surface area contributed by atoms with E-state index in [-0.39, 0.29) is 0 Å². The third kappa shape index (κ3) is 3.49. The van der Waals surface area contributed by atoms with Crippen LogP contribution in [0, 0.1) is 10.8 Å². The quantitative estimate of drug-likeness (QED) is 0.867. The van der Waals surface area contributed by atoms with Crippen LogP contribution in [-0.4, -0.2) is 12.6 Å². The Kier molecular flexibility index (Phi) is 3.87. The summed E-state index contributed by atoms with van der Waals surface area (Å²) in [6.07, 6.45) is 3.83. The van der Waals surface area contributed by atoms with Gasteiger partial charge in [0.2, 0.25) is 0 Å². The lowest BCUT2D eigenvalue weighted by Gasteiger charge is -2.46. The van der Waals surface area contributed by atoms with Gasteiger partial charge >= 0.3 is 0 Å². The zero-order valence-electron chi connectivity index (χ0n) is 13.9. The topological polar surface area (TPSA) is 21.3 Å². The second-order valence-corrected chi connectivity index (χ2v) is 8.54. The van der Waals surface area contributed by atoms with Crippen molar-refractivity contribution in [2.45, 2.75) is 65.6 Å². The maximum Gasteiger partial charge on any atom is 0.0721 e. The predicted octanol–water partition coefficient (Wildman–Crippen LogP) is 4.45. The van der Waals surface area contributed by atoms with Crippen LogP contribution in [-0.2, 0) is 11.3 Å². The molecule has 3 rings (SSSR count). The first-order valence-electron chi connectivity index (χ1n) is 8.26. The van der Waals surface area contributed by atoms with E-state index < -0.39 is 0 Å². The Labute approximate surface area is 129 Å². The van der Waals surface area contributed by atoms with Gasteiger partial charge in [0.25, 0.3) is 0 Å². The molecule has 0 aromatic heterocycles. The van der Waals surface area contributed by atoms with E-state index in [1.165, 1.54) is 30.4 Å². The van der Waals surface area contributed by atoms with Gasteiger partial charge in [-0.15, -0.1) is 0 Å². The summed E-state index contributed by atoms with van der Waals surface area (Å²) < 4.78 is 5.79. The molecule has 1 heterocycles. The van der Waals surface area contributed by atoms with Gasteiger partial charge in [-0.25, -0.2) is 0 Å². The van der Waals surface area contributed by atoms with Gasteiger partial charge in [0.1, 0.15) is 0 Å². The number of benzene rings is 1. The molecule has 2 heteroatoms. The molecular formula is C19H29NO. The van der Waals surface area contributed by atoms with Crippen LogP contribution in [0.3, 0.4) is 0 Å². The van der Waals surface area contributed by atoms with E-state index in [1.807, 2.05) is 0 Å². The minimum absolute atomic E-state index is 0.352. The molecule has 2 aliphatic rings. The van der Waals surface area contributed by atoms with Crippen molar-refractivity contribution in [3.8, 4) is 0 Å². The molecular weight excluding hydrogens is 258 g/mol. The molecule has 1 aromatic carbocycles. The second-order valence-electron chi connectivity index (χ2n) is 8.54. The molecule has 0 bridgehead atoms. The number of rotatable bonds is 2. The third-order valence-corrected chi connectivity index (χ3v) is 4.96. The summed E-state index contributed by atoms with van der Waals surface area (Å²) in [4.78, 5) is 0. The molecule has 1 aliphatic carbocycles. The summed E-state index contributed by atoms with van der Waals surface area (Å²) in [5.41, 5.74) is 3.63. The van der Waals surface area contributed by atoms with Gasteiger partial charge < -0.3 is 10.1 Å². The Morgan fingerprint density at radius 1 is 1.05 bits per heavy atom. The van der Waals surface area contributed by atoms with E-state index in [9.17, 15) is 0 Å². The molecule has 1 N–H and O–H groups in total. The van der Waals surface area contributed by atoms with Crippen LogP contribution < -0.4 is 5.32 Å². The van der Waals surface area contributed by atoms with Crippen LogP contribution >= 0.6 is 0 Å². The molecule has 0 amide bonds. The predicted molar refractivity (Wildman–Crippen MR) is 87.2 cm³/mol. The third-order valence-electron chi connectivity index (χ3n) is 4.96. The minimum atomic E-state index is 0.352. The molecule has 1 saturated carbocycles. The van der Waals surface area contributed by atoms with E-state index in [2.05, 4.69) is 57.3 Å². The molecule has 1 aromatic rings. The van der Waals surface area contributed by atoms with Gasteiger partial charge in [0, 0.05) is 6.04 Å². The molecule has 1 atom stereocenters. The maximum atomic E-state index is 5.79. The van der Waals surface area contributed by atoms with Gasteiger partial charge in [-0.2, -0.15) is 0 Å². The minimum Gasteiger partial charge on any atom is -0.375 e. The zero-order chi connectivity index (χ0) is 15.1. The molecule has 1 aliphatic heterocycles. The van der Waals surface area contributed by atoms with Crippen molar-refractivity contribution in [2.75, 3.05) is 6.61 Å². The summed E-state index contributed by atoms with van der Waals surface area (Å²) in [7, 11) is 0. The maximum absolute atomic E-state index is 5.79. The summed E-state index contributed by atoms with van der Waals surface area (Å²) in [6, 6.07) is 9.64. The van der Waals surface area contributed by atoms with Gasteiger partial charge in [0.15, 0.2) is 0 Å². The normalized spacial score (nSPS) is 28.1. The number of hydrogen-bond acceptors (Lipinski definition) is 2. The monoisotopic (exact) mass is 287 g/mol. The lowest BCUT2D eigenvalue weighted by molar-refractivity contribution is 0.0492. The number of ether oxygens (including phenoxy) is 1. The van der Waals surface area contributed by atoms with Gasteiger partial charge in [-0.1, -0.05) is 52.0 Å². The Balaban J connectivity index is 1.75. The standard InChI is InChI=1S/C19H29NO/c1-18(2)9-15(10-19(3,4)13-18)20-17-12-21-11-14-7-5-6-8-16(14)17/h5-8,15,17,20H,9-13H2,1-4H3. The smallest absolute Gasteiger partial charge is 0.0721 e. The van der Waals surface area contributed by atoms with Crippen molar-refractivity contribution in [2.24, 2.45) is 10.8 Å². The number of nitrogens with one attached hydrogen (secondary N) is 1. The highest BCUT2D eigenvalue weighted by atomic mass is 16.5. The Morgan fingerprint density at radius 2 is 1.71 bits per heavy atom. The van der Waals surface area contributed by atoms with Gasteiger partial charge in [0.05, 0.1) is 19.3 Å². The number of fused-ring (bicyclic) bond motifs is 1. The van der Waals surface area contributed by atoms with E-state index in [1.54, 1.807) is 0 Å². The Morgan fingerprint density at radius 3 is 2.43 bits per heavy atom. The van der Waals surface area contributed by atoms with Crippen LogP contribution in [0.25, 0.3) is 0 Å². The fourth-order valence-corrected chi connectivity index (χ4v) is 4.77. The average Bonchev–Trinajstić information content (AvgIpc) is 2.35. The van der Waals surface area contributed by atoms with Crippen LogP contribution in [0.2, 0.25) is 0 Å². The molecule has 116 valence electrons. The van der Waals surface area contributed by atoms with Crippen LogP contribution in [0.1, 0.15) is 64.1 Å². The molecule has 0 saturated heterocycles. The van der Waals surface area contributed by atoms with Crippen LogP contribution in [0.5, 0.6) is 0 Å². The second kappa shape index (κ2) is 5.40. The molecule has 1 fully saturated rings. The number of hydrogen-bond donors (Lipinski definition) is 1. The molecule has 1 unspecified atom stereocenters. The van der Waals surface area contributed by atoms with E-state index in [0.717, 1.165) is 13.2 Å². The van der Waals surface area contributed by atoms with Crippen LogP contribution in [0.4, 0.5) is 0 Å². The Hall–Kier alpha value is -0.860. The summed E-state index contributed by atoms with van der Waals surface area (Å²) in [5.74, 6) is 0. The fourth-order valence-electron chi connectivity index (χ4n) is 4.77. The molecule has 0 spiro atoms. The molecule has 0 radical (unpaired) electrons. The lowest BCUT2D eigenvalue weighted by Crippen LogP contribution is -2.46. The highest BCUT2D eigenvalue weighted by molar-refractivity contribution is 5.31. The van der Waals surface area contributed by atoms with Crippen molar-refractivity contribution in [1.29, 1.82) is 0 Å². The van der Waals surface area contributed by atoms with Gasteiger partial charge in [-0.05, 0) is 41.2 Å². The average molecular weight is 287 g/mol. The summed E-state index contributed by atoms with van der Waals surface area (Å²) in [6.45, 7) is 11.2. The van der Waals surface area contributed by atoms with Gasteiger partial charge in [-0.3, -0.25) is 0 Å². The van der Waals surface area contributed by atoms with E-state index >= 15 is 0 Å². The first-order valence-corrected chi connectivity index (χ1v) is 8.26. The fraction of sp³-hybridized carbons (Fsp3) is 0.684. The first-order chi connectivity index (χ1) is 9.85. The summed E-state index contributed by atoms with van der Waals surface area (Å²) >= 11 is 0. The van der Waals surface area contributed by atoms with Crippen molar-refractivity contribution in [3.05, 3.63) is 35.4 Å². The molecule has 21 heavy (non-hydrogen) atoms. The highest BCUT2D eigenvalue weighted by Crippen LogP contribution is 2.46. The van der Waals surface area contributed by atoms with Crippen molar-refractivity contribution >= 4 is 0 Å². The summed E-state index contributed by atoms with van der Waals surface area (Å²) in [5, 5.41) is 3.90. The lowest BCUT2D eigenvalue weighted by atomic mass is 9.63. The van der Waals surface area contributed by atoms with Crippen molar-refractivity contribution < 1.29 is 4.74 Å². The molecule has 2 nitrogen and oxygen atoms in total. The largest absolute Gasteiger partial charge is 0.375 e. The highest BCUT2D eigenvalue weighted by Gasteiger charge is 2.39. The van der Waals surface area contributed by atoms with E-state index in [0.29, 0.717) is 22.9 Å². The first kappa shape index (κ1) is 15.1. The van der Waals surface area contributed by atoms with Crippen molar-refractivity contribution in [3.63, 3.8) is 0 Å².